The molecule has 11 rings (SSSR count). The predicted octanol–water partition coefficient (Wildman–Crippen LogP) is 13.0. The quantitative estimate of drug-likeness (QED) is 0.183. The standard InChI is InChI=1S/C52H37N3/c1-52(2)46-12-6-3-9-40(46)41-26-25-39(31-47(41)52)55-49-14-8-5-11-43(49)45-30-37(22-28-51(45)55)36-21-27-50-44(29-36)42-10-4-7-13-48(42)54(50)38-23-19-35(20-24-38)34-17-15-33(32-53)16-18-34/h3-27,29-31,51H,28H2,1-2H3. The van der Waals surface area contributed by atoms with Gasteiger partial charge in [0.1, 0.15) is 0 Å². The first kappa shape index (κ1) is 31.6. The molecule has 260 valence electrons. The summed E-state index contributed by atoms with van der Waals surface area (Å²) in [6, 6.07) is 59.7. The van der Waals surface area contributed by atoms with Crippen molar-refractivity contribution in [3.05, 3.63) is 198 Å². The Morgan fingerprint density at radius 3 is 2.05 bits per heavy atom. The summed E-state index contributed by atoms with van der Waals surface area (Å²) in [5, 5.41) is 11.7. The lowest BCUT2D eigenvalue weighted by molar-refractivity contribution is 0.660. The number of para-hydroxylation sites is 2. The molecule has 1 aliphatic heterocycles. The van der Waals surface area contributed by atoms with E-state index in [1.807, 2.05) is 24.3 Å². The van der Waals surface area contributed by atoms with Crippen molar-refractivity contribution in [2.45, 2.75) is 31.7 Å². The highest BCUT2D eigenvalue weighted by molar-refractivity contribution is 6.11. The molecule has 0 fully saturated rings. The van der Waals surface area contributed by atoms with E-state index in [1.54, 1.807) is 0 Å². The molecule has 2 heterocycles. The average Bonchev–Trinajstić information content (AvgIpc) is 3.83. The Morgan fingerprint density at radius 1 is 0.582 bits per heavy atom. The second kappa shape index (κ2) is 11.8. The molecular weight excluding hydrogens is 667 g/mol. The molecule has 0 amide bonds. The Kier molecular flexibility index (Phi) is 6.79. The maximum Gasteiger partial charge on any atom is 0.0991 e. The van der Waals surface area contributed by atoms with Gasteiger partial charge in [-0.25, -0.2) is 0 Å². The Hall–Kier alpha value is -6.89. The summed E-state index contributed by atoms with van der Waals surface area (Å²) in [6.07, 6.45) is 5.83. The van der Waals surface area contributed by atoms with Crippen molar-refractivity contribution in [1.82, 2.24) is 4.57 Å². The van der Waals surface area contributed by atoms with E-state index in [9.17, 15) is 5.26 Å². The van der Waals surface area contributed by atoms with Crippen LogP contribution in [0.15, 0.2) is 170 Å². The van der Waals surface area contributed by atoms with E-state index in [-0.39, 0.29) is 11.5 Å². The van der Waals surface area contributed by atoms with Crippen LogP contribution in [0.1, 0.15) is 48.1 Å². The fourth-order valence-corrected chi connectivity index (χ4v) is 9.62. The molecule has 0 spiro atoms. The molecule has 1 unspecified atom stereocenters. The number of nitriles is 1. The lowest BCUT2D eigenvalue weighted by atomic mass is 9.82. The number of benzene rings is 7. The van der Waals surface area contributed by atoms with E-state index >= 15 is 0 Å². The van der Waals surface area contributed by atoms with Gasteiger partial charge < -0.3 is 9.47 Å². The Balaban J connectivity index is 0.960. The normalized spacial score (nSPS) is 16.2. The van der Waals surface area contributed by atoms with Gasteiger partial charge in [-0.3, -0.25) is 0 Å². The summed E-state index contributed by atoms with van der Waals surface area (Å²) in [5.41, 5.74) is 19.7. The molecule has 8 aromatic rings. The Morgan fingerprint density at radius 2 is 1.24 bits per heavy atom. The third-order valence-corrected chi connectivity index (χ3v) is 12.3. The SMILES string of the molecule is CC1(C)c2ccccc2-c2ccc(N3c4ccccc4C4=CC(c5ccc6c(c5)c5ccccc5n6-c5ccc(-c6ccc(C#N)cc6)cc5)=CCC43)cc21. The summed E-state index contributed by atoms with van der Waals surface area (Å²) in [6.45, 7) is 4.73. The summed E-state index contributed by atoms with van der Waals surface area (Å²) in [5.74, 6) is 0. The van der Waals surface area contributed by atoms with E-state index in [4.69, 9.17) is 0 Å². The van der Waals surface area contributed by atoms with E-state index in [1.165, 1.54) is 77.7 Å². The molecule has 0 radical (unpaired) electrons. The van der Waals surface area contributed by atoms with Crippen LogP contribution < -0.4 is 4.90 Å². The lowest BCUT2D eigenvalue weighted by Crippen LogP contribution is -2.28. The molecule has 55 heavy (non-hydrogen) atoms. The molecular formula is C52H37N3. The van der Waals surface area contributed by atoms with Gasteiger partial charge in [0, 0.05) is 38.8 Å². The van der Waals surface area contributed by atoms with E-state index in [0.29, 0.717) is 5.56 Å². The van der Waals surface area contributed by atoms with Gasteiger partial charge in [-0.05, 0) is 123 Å². The average molecular weight is 704 g/mol. The molecule has 2 aliphatic carbocycles. The number of hydrogen-bond donors (Lipinski definition) is 0. The number of allylic oxidation sites excluding steroid dienone is 2. The van der Waals surface area contributed by atoms with Crippen molar-refractivity contribution in [3.63, 3.8) is 0 Å². The third kappa shape index (κ3) is 4.68. The Bertz CT molecular complexity index is 2980. The van der Waals surface area contributed by atoms with Gasteiger partial charge in [0.25, 0.3) is 0 Å². The van der Waals surface area contributed by atoms with Crippen LogP contribution in [0.5, 0.6) is 0 Å². The monoisotopic (exact) mass is 703 g/mol. The van der Waals surface area contributed by atoms with Gasteiger partial charge in [0.05, 0.1) is 28.7 Å². The molecule has 0 saturated heterocycles. The zero-order valence-corrected chi connectivity index (χ0v) is 30.8. The number of nitrogens with zero attached hydrogens (tertiary/aromatic N) is 3. The molecule has 0 saturated carbocycles. The van der Waals surface area contributed by atoms with Gasteiger partial charge >= 0.3 is 0 Å². The molecule has 7 aromatic carbocycles. The lowest BCUT2D eigenvalue weighted by Gasteiger charge is -2.31. The summed E-state index contributed by atoms with van der Waals surface area (Å²) < 4.78 is 2.38. The molecule has 0 bridgehead atoms. The van der Waals surface area contributed by atoms with Crippen LogP contribution in [-0.4, -0.2) is 10.6 Å². The predicted molar refractivity (Wildman–Crippen MR) is 228 cm³/mol. The molecule has 3 nitrogen and oxygen atoms in total. The van der Waals surface area contributed by atoms with Gasteiger partial charge in [-0.2, -0.15) is 5.26 Å². The van der Waals surface area contributed by atoms with Crippen LogP contribution in [0.2, 0.25) is 0 Å². The zero-order chi connectivity index (χ0) is 36.8. The van der Waals surface area contributed by atoms with E-state index in [0.717, 1.165) is 23.2 Å². The molecule has 1 atom stereocenters. The summed E-state index contributed by atoms with van der Waals surface area (Å²) in [7, 11) is 0. The number of aromatic nitrogens is 1. The van der Waals surface area contributed by atoms with Gasteiger partial charge in [0.2, 0.25) is 0 Å². The minimum Gasteiger partial charge on any atom is -0.333 e. The topological polar surface area (TPSA) is 32.0 Å². The zero-order valence-electron chi connectivity index (χ0n) is 30.8. The van der Waals surface area contributed by atoms with Gasteiger partial charge in [0.15, 0.2) is 0 Å². The van der Waals surface area contributed by atoms with Crippen LogP contribution in [-0.2, 0) is 5.41 Å². The highest BCUT2D eigenvalue weighted by Crippen LogP contribution is 2.53. The maximum atomic E-state index is 9.22. The maximum absolute atomic E-state index is 9.22. The van der Waals surface area contributed by atoms with Gasteiger partial charge in [-0.1, -0.05) is 117 Å². The van der Waals surface area contributed by atoms with Crippen LogP contribution in [0.4, 0.5) is 11.4 Å². The minimum absolute atomic E-state index is 0.0448. The summed E-state index contributed by atoms with van der Waals surface area (Å²) >= 11 is 0. The first-order valence-corrected chi connectivity index (χ1v) is 19.2. The van der Waals surface area contributed by atoms with E-state index < -0.39 is 0 Å². The van der Waals surface area contributed by atoms with Crippen LogP contribution >= 0.6 is 0 Å². The van der Waals surface area contributed by atoms with Crippen molar-refractivity contribution in [3.8, 4) is 34.0 Å². The van der Waals surface area contributed by atoms with Crippen LogP contribution in [0.25, 0.3) is 60.9 Å². The highest BCUT2D eigenvalue weighted by Gasteiger charge is 2.39. The molecule has 3 heteroatoms. The van der Waals surface area contributed by atoms with Gasteiger partial charge in [-0.15, -0.1) is 0 Å². The largest absolute Gasteiger partial charge is 0.333 e. The highest BCUT2D eigenvalue weighted by atomic mass is 15.2. The fraction of sp³-hybridized carbons (Fsp3) is 0.0962. The van der Waals surface area contributed by atoms with Crippen molar-refractivity contribution in [1.29, 1.82) is 5.26 Å². The van der Waals surface area contributed by atoms with E-state index in [2.05, 4.69) is 175 Å². The summed E-state index contributed by atoms with van der Waals surface area (Å²) in [4.78, 5) is 2.58. The van der Waals surface area contributed by atoms with Crippen molar-refractivity contribution in [2.24, 2.45) is 0 Å². The van der Waals surface area contributed by atoms with Crippen LogP contribution in [0, 0.1) is 11.3 Å². The number of hydrogen-bond acceptors (Lipinski definition) is 2. The second-order valence-corrected chi connectivity index (χ2v) is 15.6. The number of anilines is 2. The van der Waals surface area contributed by atoms with Crippen molar-refractivity contribution < 1.29 is 0 Å². The Labute approximate surface area is 321 Å². The number of fused-ring (bicyclic) bond motifs is 9. The molecule has 1 aromatic heterocycles. The fourth-order valence-electron chi connectivity index (χ4n) is 9.62. The molecule has 3 aliphatic rings. The first-order chi connectivity index (χ1) is 27.0. The number of rotatable bonds is 4. The molecule has 0 N–H and O–H groups in total. The third-order valence-electron chi connectivity index (χ3n) is 12.3. The second-order valence-electron chi connectivity index (χ2n) is 15.6. The van der Waals surface area contributed by atoms with Crippen molar-refractivity contribution in [2.75, 3.05) is 4.90 Å². The smallest absolute Gasteiger partial charge is 0.0991 e. The van der Waals surface area contributed by atoms with Crippen LogP contribution in [0.3, 0.4) is 0 Å². The minimum atomic E-state index is -0.0448. The van der Waals surface area contributed by atoms with Crippen molar-refractivity contribution >= 4 is 44.3 Å². The first-order valence-electron chi connectivity index (χ1n) is 19.2.